The summed E-state index contributed by atoms with van der Waals surface area (Å²) in [6.07, 6.45) is 13.4. The normalized spacial score (nSPS) is 19.7. The Hall–Kier alpha value is -0.200. The number of hydrogen-bond donors (Lipinski definition) is 0. The molecule has 0 amide bonds. The lowest BCUT2D eigenvalue weighted by Gasteiger charge is -2.37. The SMILES string of the molecule is CCCCCCCCC(CCC(CC)OCC1CCO1)C(OC)(OC)OC. The first-order valence-electron chi connectivity index (χ1n) is 11.0. The Morgan fingerprint density at radius 1 is 0.889 bits per heavy atom. The van der Waals surface area contributed by atoms with Gasteiger partial charge in [0.25, 0.3) is 5.97 Å². The molecule has 0 saturated carbocycles. The monoisotopic (exact) mass is 388 g/mol. The van der Waals surface area contributed by atoms with E-state index in [1.165, 1.54) is 38.5 Å². The summed E-state index contributed by atoms with van der Waals surface area (Å²) in [5, 5.41) is 0. The van der Waals surface area contributed by atoms with Crippen LogP contribution in [0.3, 0.4) is 0 Å². The van der Waals surface area contributed by atoms with Gasteiger partial charge < -0.3 is 23.7 Å². The fourth-order valence-corrected chi connectivity index (χ4v) is 3.87. The molecule has 0 N–H and O–H groups in total. The first kappa shape index (κ1) is 24.8. The summed E-state index contributed by atoms with van der Waals surface area (Å²) < 4.78 is 28.6. The van der Waals surface area contributed by atoms with Gasteiger partial charge in [-0.3, -0.25) is 0 Å². The number of ether oxygens (including phenoxy) is 5. The van der Waals surface area contributed by atoms with E-state index in [1.54, 1.807) is 21.3 Å². The molecule has 5 nitrogen and oxygen atoms in total. The van der Waals surface area contributed by atoms with Gasteiger partial charge in [-0.15, -0.1) is 0 Å². The van der Waals surface area contributed by atoms with Gasteiger partial charge in [-0.05, 0) is 32.1 Å². The van der Waals surface area contributed by atoms with Crippen LogP contribution >= 0.6 is 0 Å². The van der Waals surface area contributed by atoms with Crippen LogP contribution in [0.5, 0.6) is 0 Å². The molecule has 27 heavy (non-hydrogen) atoms. The zero-order valence-electron chi connectivity index (χ0n) is 18.5. The molecular weight excluding hydrogens is 344 g/mol. The molecule has 1 heterocycles. The van der Waals surface area contributed by atoms with E-state index in [0.717, 1.165) is 38.7 Å². The lowest BCUT2D eigenvalue weighted by Crippen LogP contribution is -2.44. The van der Waals surface area contributed by atoms with Crippen molar-refractivity contribution in [2.45, 2.75) is 103 Å². The first-order valence-corrected chi connectivity index (χ1v) is 11.0. The van der Waals surface area contributed by atoms with E-state index in [9.17, 15) is 0 Å². The predicted molar refractivity (Wildman–Crippen MR) is 109 cm³/mol. The molecule has 1 aliphatic rings. The number of hydrogen-bond acceptors (Lipinski definition) is 5. The van der Waals surface area contributed by atoms with Gasteiger partial charge in [0.2, 0.25) is 0 Å². The molecule has 1 aliphatic heterocycles. The van der Waals surface area contributed by atoms with Gasteiger partial charge in [0, 0.05) is 33.9 Å². The van der Waals surface area contributed by atoms with Crippen LogP contribution in [0.15, 0.2) is 0 Å². The maximum Gasteiger partial charge on any atom is 0.285 e. The molecular formula is C22H44O5. The minimum absolute atomic E-state index is 0.196. The molecule has 0 spiro atoms. The van der Waals surface area contributed by atoms with E-state index in [-0.39, 0.29) is 12.0 Å². The summed E-state index contributed by atoms with van der Waals surface area (Å²) >= 11 is 0. The van der Waals surface area contributed by atoms with Crippen LogP contribution in [0.1, 0.15) is 84.5 Å². The van der Waals surface area contributed by atoms with Gasteiger partial charge in [0.05, 0.1) is 18.8 Å². The van der Waals surface area contributed by atoms with Gasteiger partial charge in [0.15, 0.2) is 0 Å². The highest BCUT2D eigenvalue weighted by molar-refractivity contribution is 4.74. The second kappa shape index (κ2) is 14.7. The lowest BCUT2D eigenvalue weighted by molar-refractivity contribution is -0.380. The summed E-state index contributed by atoms with van der Waals surface area (Å²) in [5.41, 5.74) is 0. The van der Waals surface area contributed by atoms with Gasteiger partial charge >= 0.3 is 0 Å². The van der Waals surface area contributed by atoms with Crippen LogP contribution in [-0.2, 0) is 23.7 Å². The third kappa shape index (κ3) is 8.78. The molecule has 0 bridgehead atoms. The molecule has 3 atom stereocenters. The Morgan fingerprint density at radius 2 is 1.52 bits per heavy atom. The lowest BCUT2D eigenvalue weighted by atomic mass is 9.91. The molecule has 1 rings (SSSR count). The Bertz CT molecular complexity index is 333. The predicted octanol–water partition coefficient (Wildman–Crippen LogP) is 5.31. The van der Waals surface area contributed by atoms with Crippen molar-refractivity contribution in [2.75, 3.05) is 34.5 Å². The fourth-order valence-electron chi connectivity index (χ4n) is 3.87. The van der Waals surface area contributed by atoms with Gasteiger partial charge in [-0.2, -0.15) is 0 Å². The Kier molecular flexibility index (Phi) is 13.6. The van der Waals surface area contributed by atoms with Crippen molar-refractivity contribution in [1.29, 1.82) is 0 Å². The van der Waals surface area contributed by atoms with Crippen LogP contribution in [0.2, 0.25) is 0 Å². The molecule has 1 saturated heterocycles. The molecule has 3 unspecified atom stereocenters. The number of rotatable bonds is 18. The van der Waals surface area contributed by atoms with Gasteiger partial charge in [-0.1, -0.05) is 52.4 Å². The zero-order chi connectivity index (χ0) is 20.0. The average Bonchev–Trinajstić information content (AvgIpc) is 2.66. The summed E-state index contributed by atoms with van der Waals surface area (Å²) in [4.78, 5) is 0. The fraction of sp³-hybridized carbons (Fsp3) is 1.00. The maximum absolute atomic E-state index is 6.08. The highest BCUT2D eigenvalue weighted by Crippen LogP contribution is 2.33. The molecule has 1 fully saturated rings. The summed E-state index contributed by atoms with van der Waals surface area (Å²) in [6.45, 7) is 6.03. The van der Waals surface area contributed by atoms with E-state index in [1.807, 2.05) is 0 Å². The Balaban J connectivity index is 2.49. The van der Waals surface area contributed by atoms with Crippen LogP contribution in [-0.4, -0.2) is 52.7 Å². The van der Waals surface area contributed by atoms with E-state index >= 15 is 0 Å². The van der Waals surface area contributed by atoms with Crippen molar-refractivity contribution in [3.05, 3.63) is 0 Å². The second-order valence-corrected chi connectivity index (χ2v) is 7.69. The molecule has 0 aromatic carbocycles. The molecule has 0 aromatic heterocycles. The van der Waals surface area contributed by atoms with Crippen molar-refractivity contribution >= 4 is 0 Å². The summed E-state index contributed by atoms with van der Waals surface area (Å²) in [7, 11) is 5.01. The van der Waals surface area contributed by atoms with Crippen molar-refractivity contribution in [3.8, 4) is 0 Å². The van der Waals surface area contributed by atoms with Crippen LogP contribution in [0.4, 0.5) is 0 Å². The maximum atomic E-state index is 6.08. The van der Waals surface area contributed by atoms with Crippen LogP contribution < -0.4 is 0 Å². The third-order valence-corrected chi connectivity index (χ3v) is 5.86. The van der Waals surface area contributed by atoms with E-state index in [2.05, 4.69) is 13.8 Å². The van der Waals surface area contributed by atoms with Crippen molar-refractivity contribution in [2.24, 2.45) is 5.92 Å². The van der Waals surface area contributed by atoms with Crippen molar-refractivity contribution < 1.29 is 23.7 Å². The third-order valence-electron chi connectivity index (χ3n) is 5.86. The van der Waals surface area contributed by atoms with E-state index < -0.39 is 5.97 Å². The largest absolute Gasteiger partial charge is 0.376 e. The molecule has 5 heteroatoms. The minimum atomic E-state index is -0.960. The highest BCUT2D eigenvalue weighted by atomic mass is 16.9. The van der Waals surface area contributed by atoms with Gasteiger partial charge in [-0.25, -0.2) is 0 Å². The average molecular weight is 389 g/mol. The molecule has 0 radical (unpaired) electrons. The second-order valence-electron chi connectivity index (χ2n) is 7.69. The quantitative estimate of drug-likeness (QED) is 0.235. The summed E-state index contributed by atoms with van der Waals surface area (Å²) in [6, 6.07) is 0. The first-order chi connectivity index (χ1) is 13.2. The summed E-state index contributed by atoms with van der Waals surface area (Å²) in [5.74, 6) is -0.764. The van der Waals surface area contributed by atoms with Crippen molar-refractivity contribution in [3.63, 3.8) is 0 Å². The Labute approximate surface area is 167 Å². The minimum Gasteiger partial charge on any atom is -0.376 e. The van der Waals surface area contributed by atoms with Crippen LogP contribution in [0, 0.1) is 5.92 Å². The van der Waals surface area contributed by atoms with E-state index in [4.69, 9.17) is 23.7 Å². The Morgan fingerprint density at radius 3 is 2.04 bits per heavy atom. The van der Waals surface area contributed by atoms with Crippen molar-refractivity contribution in [1.82, 2.24) is 0 Å². The standard InChI is InChI=1S/C22H44O5/c1-6-8-9-10-11-12-13-19(22(23-3,24-4)25-5)14-15-20(7-2)27-18-21-16-17-26-21/h19-21H,6-18H2,1-5H3. The molecule has 0 aliphatic carbocycles. The number of unbranched alkanes of at least 4 members (excludes halogenated alkanes) is 5. The topological polar surface area (TPSA) is 46.2 Å². The zero-order valence-corrected chi connectivity index (χ0v) is 18.5. The van der Waals surface area contributed by atoms with Crippen LogP contribution in [0.25, 0.3) is 0 Å². The molecule has 0 aromatic rings. The van der Waals surface area contributed by atoms with E-state index in [0.29, 0.717) is 12.7 Å². The number of methoxy groups -OCH3 is 3. The van der Waals surface area contributed by atoms with Gasteiger partial charge in [0.1, 0.15) is 0 Å². The highest BCUT2D eigenvalue weighted by Gasteiger charge is 2.39. The smallest absolute Gasteiger partial charge is 0.285 e. The molecule has 162 valence electrons.